The SMILES string of the molecule is Cc1ccc(SCCNCC(F)(F)F)cc1C. The molecule has 0 aliphatic carbocycles. The largest absolute Gasteiger partial charge is 0.401 e. The van der Waals surface area contributed by atoms with E-state index in [1.165, 1.54) is 11.1 Å². The van der Waals surface area contributed by atoms with Gasteiger partial charge in [-0.1, -0.05) is 6.07 Å². The average Bonchev–Trinajstić information content (AvgIpc) is 2.21. The molecular formula is C12H16F3NS. The number of aryl methyl sites for hydroxylation is 2. The topological polar surface area (TPSA) is 12.0 Å². The maximum atomic E-state index is 11.8. The lowest BCUT2D eigenvalue weighted by Gasteiger charge is -2.08. The first-order valence-corrected chi connectivity index (χ1v) is 6.34. The highest BCUT2D eigenvalue weighted by atomic mass is 32.2. The van der Waals surface area contributed by atoms with Gasteiger partial charge in [0.1, 0.15) is 0 Å². The van der Waals surface area contributed by atoms with Crippen LogP contribution in [0.5, 0.6) is 0 Å². The van der Waals surface area contributed by atoms with Crippen molar-refractivity contribution in [3.63, 3.8) is 0 Å². The molecule has 0 heterocycles. The number of halogens is 3. The van der Waals surface area contributed by atoms with Gasteiger partial charge in [-0.15, -0.1) is 11.8 Å². The van der Waals surface area contributed by atoms with Gasteiger partial charge in [-0.2, -0.15) is 13.2 Å². The summed E-state index contributed by atoms with van der Waals surface area (Å²) in [5.74, 6) is 0.637. The molecule has 1 nitrogen and oxygen atoms in total. The Morgan fingerprint density at radius 1 is 1.18 bits per heavy atom. The van der Waals surface area contributed by atoms with Crippen LogP contribution in [0.3, 0.4) is 0 Å². The van der Waals surface area contributed by atoms with Gasteiger partial charge in [0.15, 0.2) is 0 Å². The summed E-state index contributed by atoms with van der Waals surface area (Å²) in [6, 6.07) is 6.08. The highest BCUT2D eigenvalue weighted by Gasteiger charge is 2.25. The highest BCUT2D eigenvalue weighted by molar-refractivity contribution is 7.99. The minimum atomic E-state index is -4.12. The smallest absolute Gasteiger partial charge is 0.308 e. The maximum Gasteiger partial charge on any atom is 0.401 e. The van der Waals surface area contributed by atoms with Crippen molar-refractivity contribution in [2.24, 2.45) is 0 Å². The first-order valence-electron chi connectivity index (χ1n) is 5.36. The fourth-order valence-electron chi connectivity index (χ4n) is 1.27. The first-order chi connectivity index (χ1) is 7.88. The molecule has 0 spiro atoms. The Morgan fingerprint density at radius 3 is 2.47 bits per heavy atom. The third-order valence-electron chi connectivity index (χ3n) is 2.35. The van der Waals surface area contributed by atoms with E-state index in [1.807, 2.05) is 26.0 Å². The fraction of sp³-hybridized carbons (Fsp3) is 0.500. The molecule has 17 heavy (non-hydrogen) atoms. The van der Waals surface area contributed by atoms with E-state index in [4.69, 9.17) is 0 Å². The van der Waals surface area contributed by atoms with E-state index in [1.54, 1.807) is 11.8 Å². The van der Waals surface area contributed by atoms with Crippen LogP contribution in [0.1, 0.15) is 11.1 Å². The number of rotatable bonds is 5. The molecule has 96 valence electrons. The lowest BCUT2D eigenvalue weighted by atomic mass is 10.1. The normalized spacial score (nSPS) is 11.8. The molecule has 0 aromatic heterocycles. The Bertz CT molecular complexity index is 363. The highest BCUT2D eigenvalue weighted by Crippen LogP contribution is 2.20. The van der Waals surface area contributed by atoms with Gasteiger partial charge in [0, 0.05) is 17.2 Å². The van der Waals surface area contributed by atoms with Crippen LogP contribution in [-0.4, -0.2) is 25.0 Å². The Kier molecular flexibility index (Phi) is 5.33. The molecule has 0 saturated carbocycles. The molecule has 0 unspecified atom stereocenters. The standard InChI is InChI=1S/C12H16F3NS/c1-9-3-4-11(7-10(9)2)17-6-5-16-8-12(13,14)15/h3-4,7,16H,5-6,8H2,1-2H3. The van der Waals surface area contributed by atoms with Crippen LogP contribution in [0.25, 0.3) is 0 Å². The Balaban J connectivity index is 2.25. The first kappa shape index (κ1) is 14.4. The Labute approximate surface area is 104 Å². The van der Waals surface area contributed by atoms with Crippen molar-refractivity contribution in [3.05, 3.63) is 29.3 Å². The van der Waals surface area contributed by atoms with Gasteiger partial charge in [0.05, 0.1) is 6.54 Å². The van der Waals surface area contributed by atoms with Crippen molar-refractivity contribution < 1.29 is 13.2 Å². The predicted molar refractivity (Wildman–Crippen MR) is 65.6 cm³/mol. The molecule has 1 aromatic rings. The molecule has 0 aliphatic rings. The second-order valence-electron chi connectivity index (χ2n) is 3.89. The van der Waals surface area contributed by atoms with Gasteiger partial charge in [-0.3, -0.25) is 0 Å². The minimum Gasteiger partial charge on any atom is -0.308 e. The lowest BCUT2D eigenvalue weighted by molar-refractivity contribution is -0.124. The predicted octanol–water partition coefficient (Wildman–Crippen LogP) is 3.55. The molecule has 1 aromatic carbocycles. The van der Waals surface area contributed by atoms with Crippen molar-refractivity contribution in [1.82, 2.24) is 5.32 Å². The molecule has 0 saturated heterocycles. The zero-order chi connectivity index (χ0) is 12.9. The van der Waals surface area contributed by atoms with Gasteiger partial charge >= 0.3 is 6.18 Å². The minimum absolute atomic E-state index is 0.358. The van der Waals surface area contributed by atoms with E-state index in [2.05, 4.69) is 11.4 Å². The molecule has 1 rings (SSSR count). The molecule has 0 bridgehead atoms. The molecular weight excluding hydrogens is 247 g/mol. The van der Waals surface area contributed by atoms with Crippen LogP contribution in [0.4, 0.5) is 13.2 Å². The summed E-state index contributed by atoms with van der Waals surface area (Å²) in [6.45, 7) is 3.51. The number of thioether (sulfide) groups is 1. The number of alkyl halides is 3. The third-order valence-corrected chi connectivity index (χ3v) is 3.35. The van der Waals surface area contributed by atoms with Crippen LogP contribution < -0.4 is 5.32 Å². The summed E-state index contributed by atoms with van der Waals surface area (Å²) in [6.07, 6.45) is -4.12. The van der Waals surface area contributed by atoms with E-state index in [-0.39, 0.29) is 0 Å². The molecule has 0 radical (unpaired) electrons. The monoisotopic (exact) mass is 263 g/mol. The van der Waals surface area contributed by atoms with Crippen LogP contribution in [0, 0.1) is 13.8 Å². The van der Waals surface area contributed by atoms with Crippen LogP contribution in [0.15, 0.2) is 23.1 Å². The number of benzene rings is 1. The van der Waals surface area contributed by atoms with Gasteiger partial charge in [0.2, 0.25) is 0 Å². The van der Waals surface area contributed by atoms with E-state index in [0.717, 1.165) is 4.90 Å². The van der Waals surface area contributed by atoms with E-state index in [9.17, 15) is 13.2 Å². The Morgan fingerprint density at radius 2 is 1.88 bits per heavy atom. The Hall–Kier alpha value is -0.680. The van der Waals surface area contributed by atoms with Crippen molar-refractivity contribution in [3.8, 4) is 0 Å². The molecule has 0 aliphatic heterocycles. The third kappa shape index (κ3) is 5.98. The van der Waals surface area contributed by atoms with Crippen molar-refractivity contribution in [2.75, 3.05) is 18.8 Å². The van der Waals surface area contributed by atoms with E-state index < -0.39 is 12.7 Å². The number of hydrogen-bond donors (Lipinski definition) is 1. The van der Waals surface area contributed by atoms with Crippen LogP contribution in [0.2, 0.25) is 0 Å². The van der Waals surface area contributed by atoms with Gasteiger partial charge in [-0.05, 0) is 37.1 Å². The summed E-state index contributed by atoms with van der Waals surface area (Å²) in [4.78, 5) is 1.10. The molecule has 0 atom stereocenters. The van der Waals surface area contributed by atoms with E-state index >= 15 is 0 Å². The van der Waals surface area contributed by atoms with Crippen LogP contribution >= 0.6 is 11.8 Å². The summed E-state index contributed by atoms with van der Waals surface area (Å²) >= 11 is 1.56. The molecule has 0 fully saturated rings. The van der Waals surface area contributed by atoms with Crippen molar-refractivity contribution >= 4 is 11.8 Å². The van der Waals surface area contributed by atoms with Gasteiger partial charge in [0.25, 0.3) is 0 Å². The fourth-order valence-corrected chi connectivity index (χ4v) is 2.18. The van der Waals surface area contributed by atoms with Gasteiger partial charge in [-0.25, -0.2) is 0 Å². The summed E-state index contributed by atoms with van der Waals surface area (Å²) in [5.41, 5.74) is 2.43. The zero-order valence-corrected chi connectivity index (χ0v) is 10.7. The van der Waals surface area contributed by atoms with Crippen molar-refractivity contribution in [1.29, 1.82) is 0 Å². The molecule has 5 heteroatoms. The van der Waals surface area contributed by atoms with Crippen LogP contribution in [-0.2, 0) is 0 Å². The maximum absolute atomic E-state index is 11.8. The van der Waals surface area contributed by atoms with Gasteiger partial charge < -0.3 is 5.32 Å². The summed E-state index contributed by atoms with van der Waals surface area (Å²) in [7, 11) is 0. The molecule has 1 N–H and O–H groups in total. The second kappa shape index (κ2) is 6.31. The second-order valence-corrected chi connectivity index (χ2v) is 5.05. The van der Waals surface area contributed by atoms with Crippen molar-refractivity contribution in [2.45, 2.75) is 24.9 Å². The van der Waals surface area contributed by atoms with E-state index in [0.29, 0.717) is 12.3 Å². The molecule has 0 amide bonds. The summed E-state index contributed by atoms with van der Waals surface area (Å²) < 4.78 is 35.5. The lowest BCUT2D eigenvalue weighted by Crippen LogP contribution is -2.30. The number of hydrogen-bond acceptors (Lipinski definition) is 2. The number of nitrogens with one attached hydrogen (secondary N) is 1. The zero-order valence-electron chi connectivity index (χ0n) is 9.90. The summed E-state index contributed by atoms with van der Waals surface area (Å²) in [5, 5.41) is 2.38. The quantitative estimate of drug-likeness (QED) is 0.644. The average molecular weight is 263 g/mol.